The number of imidazole rings is 1. The first-order valence-corrected chi connectivity index (χ1v) is 8.68. The molecule has 114 valence electrons. The van der Waals surface area contributed by atoms with E-state index in [1.807, 2.05) is 0 Å². The summed E-state index contributed by atoms with van der Waals surface area (Å²) in [5.41, 5.74) is 0. The van der Waals surface area contributed by atoms with Gasteiger partial charge in [-0.05, 0) is 32.9 Å². The summed E-state index contributed by atoms with van der Waals surface area (Å²) in [6.07, 6.45) is 3.20. The van der Waals surface area contributed by atoms with Gasteiger partial charge < -0.3 is 9.88 Å². The number of hydrogen-bond acceptors (Lipinski definition) is 4. The Morgan fingerprint density at radius 2 is 1.95 bits per heavy atom. The molecule has 20 heavy (non-hydrogen) atoms. The van der Waals surface area contributed by atoms with Gasteiger partial charge in [-0.3, -0.25) is 0 Å². The van der Waals surface area contributed by atoms with Gasteiger partial charge in [0, 0.05) is 19.1 Å². The van der Waals surface area contributed by atoms with Crippen LogP contribution in [0.3, 0.4) is 0 Å². The van der Waals surface area contributed by atoms with Crippen LogP contribution in [0.15, 0.2) is 11.2 Å². The van der Waals surface area contributed by atoms with Crippen LogP contribution < -0.4 is 0 Å². The zero-order valence-corrected chi connectivity index (χ0v) is 13.3. The zero-order valence-electron chi connectivity index (χ0n) is 12.5. The second-order valence-electron chi connectivity index (χ2n) is 5.19. The SMILES string of the molecule is CCN(CC)C1CCN(S(=O)(=O)c2cnc(C)[nH]2)CC1. The van der Waals surface area contributed by atoms with Crippen LogP contribution in [0.5, 0.6) is 0 Å². The Morgan fingerprint density at radius 1 is 1.35 bits per heavy atom. The van der Waals surface area contributed by atoms with Gasteiger partial charge in [-0.2, -0.15) is 4.31 Å². The topological polar surface area (TPSA) is 69.3 Å². The third-order valence-corrected chi connectivity index (χ3v) is 5.86. The van der Waals surface area contributed by atoms with E-state index >= 15 is 0 Å². The van der Waals surface area contributed by atoms with Crippen molar-refractivity contribution in [3.63, 3.8) is 0 Å². The molecule has 1 aromatic heterocycles. The molecule has 1 fully saturated rings. The Bertz CT molecular complexity index is 528. The standard InChI is InChI=1S/C13H24N4O2S/c1-4-16(5-2)12-6-8-17(9-7-12)20(18,19)13-10-14-11(3)15-13/h10,12H,4-9H2,1-3H3,(H,14,15). The lowest BCUT2D eigenvalue weighted by Gasteiger charge is -2.36. The molecule has 2 heterocycles. The van der Waals surface area contributed by atoms with E-state index in [1.165, 1.54) is 6.20 Å². The molecule has 1 saturated heterocycles. The highest BCUT2D eigenvalue weighted by atomic mass is 32.2. The number of aryl methyl sites for hydroxylation is 1. The molecule has 0 aromatic carbocycles. The first kappa shape index (κ1) is 15.5. The van der Waals surface area contributed by atoms with Gasteiger partial charge in [-0.25, -0.2) is 13.4 Å². The van der Waals surface area contributed by atoms with Crippen LogP contribution in [-0.2, 0) is 10.0 Å². The van der Waals surface area contributed by atoms with Gasteiger partial charge in [0.15, 0.2) is 5.03 Å². The molecule has 0 atom stereocenters. The van der Waals surface area contributed by atoms with Crippen molar-refractivity contribution in [3.05, 3.63) is 12.0 Å². The van der Waals surface area contributed by atoms with E-state index in [-0.39, 0.29) is 5.03 Å². The van der Waals surface area contributed by atoms with Crippen molar-refractivity contribution in [2.24, 2.45) is 0 Å². The quantitative estimate of drug-likeness (QED) is 0.887. The van der Waals surface area contributed by atoms with Crippen LogP contribution in [0.25, 0.3) is 0 Å². The van der Waals surface area contributed by atoms with Crippen LogP contribution in [0, 0.1) is 6.92 Å². The van der Waals surface area contributed by atoms with Crippen LogP contribution in [-0.4, -0.2) is 59.8 Å². The lowest BCUT2D eigenvalue weighted by Crippen LogP contribution is -2.46. The third kappa shape index (κ3) is 3.05. The minimum Gasteiger partial charge on any atom is -0.332 e. The molecule has 1 aliphatic heterocycles. The van der Waals surface area contributed by atoms with E-state index in [9.17, 15) is 8.42 Å². The van der Waals surface area contributed by atoms with Crippen LogP contribution in [0.2, 0.25) is 0 Å². The monoisotopic (exact) mass is 300 g/mol. The molecule has 0 radical (unpaired) electrons. The maximum Gasteiger partial charge on any atom is 0.260 e. The predicted molar refractivity (Wildman–Crippen MR) is 78.0 cm³/mol. The number of nitrogens with zero attached hydrogens (tertiary/aromatic N) is 3. The highest BCUT2D eigenvalue weighted by molar-refractivity contribution is 7.89. The van der Waals surface area contributed by atoms with Crippen LogP contribution in [0.4, 0.5) is 0 Å². The van der Waals surface area contributed by atoms with E-state index in [4.69, 9.17) is 0 Å². The number of hydrogen-bond donors (Lipinski definition) is 1. The first-order valence-electron chi connectivity index (χ1n) is 7.24. The molecule has 0 bridgehead atoms. The lowest BCUT2D eigenvalue weighted by atomic mass is 10.1. The van der Waals surface area contributed by atoms with Gasteiger partial charge in [-0.1, -0.05) is 13.8 Å². The van der Waals surface area contributed by atoms with Crippen molar-refractivity contribution in [2.75, 3.05) is 26.2 Å². The minimum absolute atomic E-state index is 0.205. The molecular formula is C13H24N4O2S. The summed E-state index contributed by atoms with van der Waals surface area (Å²) >= 11 is 0. The maximum atomic E-state index is 12.5. The molecule has 7 heteroatoms. The number of nitrogens with one attached hydrogen (secondary N) is 1. The van der Waals surface area contributed by atoms with E-state index < -0.39 is 10.0 Å². The van der Waals surface area contributed by atoms with Gasteiger partial charge in [-0.15, -0.1) is 0 Å². The van der Waals surface area contributed by atoms with E-state index in [2.05, 4.69) is 28.7 Å². The third-order valence-electron chi connectivity index (χ3n) is 4.05. The largest absolute Gasteiger partial charge is 0.332 e. The Labute approximate surface area is 121 Å². The van der Waals surface area contributed by atoms with E-state index in [0.29, 0.717) is 25.0 Å². The smallest absolute Gasteiger partial charge is 0.260 e. The van der Waals surface area contributed by atoms with E-state index in [0.717, 1.165) is 25.9 Å². The fourth-order valence-corrected chi connectivity index (χ4v) is 4.29. The molecular weight excluding hydrogens is 276 g/mol. The minimum atomic E-state index is -3.41. The van der Waals surface area contributed by atoms with E-state index in [1.54, 1.807) is 11.2 Å². The van der Waals surface area contributed by atoms with Gasteiger partial charge >= 0.3 is 0 Å². The zero-order chi connectivity index (χ0) is 14.8. The highest BCUT2D eigenvalue weighted by Gasteiger charge is 2.31. The Hall–Kier alpha value is -0.920. The van der Waals surface area contributed by atoms with Gasteiger partial charge in [0.2, 0.25) is 0 Å². The van der Waals surface area contributed by atoms with Crippen molar-refractivity contribution in [2.45, 2.75) is 44.7 Å². The number of H-pyrrole nitrogens is 1. The molecule has 0 unspecified atom stereocenters. The molecule has 0 aliphatic carbocycles. The Kier molecular flexibility index (Phi) is 4.82. The molecule has 0 spiro atoms. The van der Waals surface area contributed by atoms with Crippen molar-refractivity contribution in [3.8, 4) is 0 Å². The first-order chi connectivity index (χ1) is 9.48. The summed E-state index contributed by atoms with van der Waals surface area (Å²) in [4.78, 5) is 9.20. The van der Waals surface area contributed by atoms with Crippen molar-refractivity contribution < 1.29 is 8.42 Å². The van der Waals surface area contributed by atoms with Gasteiger partial charge in [0.05, 0.1) is 6.20 Å². The number of rotatable bonds is 5. The average Bonchev–Trinajstić information content (AvgIpc) is 2.88. The van der Waals surface area contributed by atoms with Gasteiger partial charge in [0.25, 0.3) is 10.0 Å². The number of aromatic amines is 1. The molecule has 0 amide bonds. The molecule has 0 saturated carbocycles. The number of piperidine rings is 1. The summed E-state index contributed by atoms with van der Waals surface area (Å²) in [7, 11) is -3.41. The fourth-order valence-electron chi connectivity index (χ4n) is 2.86. The van der Waals surface area contributed by atoms with Gasteiger partial charge in [0.1, 0.15) is 5.82 Å². The second-order valence-corrected chi connectivity index (χ2v) is 7.10. The summed E-state index contributed by atoms with van der Waals surface area (Å²) < 4.78 is 26.5. The number of sulfonamides is 1. The highest BCUT2D eigenvalue weighted by Crippen LogP contribution is 2.22. The lowest BCUT2D eigenvalue weighted by molar-refractivity contribution is 0.152. The molecule has 1 N–H and O–H groups in total. The van der Waals surface area contributed by atoms with Crippen LogP contribution >= 0.6 is 0 Å². The normalized spacial score (nSPS) is 18.8. The number of aromatic nitrogens is 2. The van der Waals surface area contributed by atoms with Crippen molar-refractivity contribution >= 4 is 10.0 Å². The van der Waals surface area contributed by atoms with Crippen LogP contribution in [0.1, 0.15) is 32.5 Å². The summed E-state index contributed by atoms with van der Waals surface area (Å²) in [6, 6.07) is 0.500. The molecule has 1 aliphatic rings. The Morgan fingerprint density at radius 3 is 2.40 bits per heavy atom. The fraction of sp³-hybridized carbons (Fsp3) is 0.769. The Balaban J connectivity index is 2.03. The second kappa shape index (κ2) is 6.24. The maximum absolute atomic E-state index is 12.5. The summed E-state index contributed by atoms with van der Waals surface area (Å²) in [5.74, 6) is 0.626. The average molecular weight is 300 g/mol. The molecule has 2 rings (SSSR count). The summed E-state index contributed by atoms with van der Waals surface area (Å²) in [6.45, 7) is 9.27. The van der Waals surface area contributed by atoms with Crippen molar-refractivity contribution in [1.82, 2.24) is 19.2 Å². The predicted octanol–water partition coefficient (Wildman–Crippen LogP) is 1.21. The summed E-state index contributed by atoms with van der Waals surface area (Å²) in [5, 5.41) is 0.205. The van der Waals surface area contributed by atoms with Crippen molar-refractivity contribution in [1.29, 1.82) is 0 Å². The molecule has 6 nitrogen and oxygen atoms in total. The molecule has 1 aromatic rings.